The molecule has 0 saturated heterocycles. The summed E-state index contributed by atoms with van der Waals surface area (Å²) in [4.78, 5) is 48.0. The number of anilines is 1. The highest BCUT2D eigenvalue weighted by atomic mass is 35.5. The monoisotopic (exact) mass is 547 g/mol. The number of aromatic nitrogens is 4. The van der Waals surface area contributed by atoms with Gasteiger partial charge in [-0.25, -0.2) is 18.7 Å². The molecule has 1 fully saturated rings. The number of aliphatic hydroxyl groups excluding tert-OH is 1. The molecule has 3 rings (SSSR count). The van der Waals surface area contributed by atoms with Crippen LogP contribution in [0.5, 0.6) is 0 Å². The van der Waals surface area contributed by atoms with Crippen molar-refractivity contribution in [2.75, 3.05) is 12.3 Å². The number of hydrogen-bond donors (Lipinski definition) is 6. The molecule has 0 aliphatic heterocycles. The normalized spacial score (nSPS) is 27.2. The summed E-state index contributed by atoms with van der Waals surface area (Å²) in [5, 5.41) is 10.6. The van der Waals surface area contributed by atoms with Gasteiger partial charge < -0.3 is 35.0 Å². The van der Waals surface area contributed by atoms with Crippen LogP contribution in [0.2, 0.25) is 5.15 Å². The predicted octanol–water partition coefficient (Wildman–Crippen LogP) is 0.721. The minimum absolute atomic E-state index is 0.00525. The van der Waals surface area contributed by atoms with Gasteiger partial charge in [-0.3, -0.25) is 4.52 Å². The van der Waals surface area contributed by atoms with Crippen LogP contribution in [0.25, 0.3) is 11.2 Å². The standard InChI is InChI=1S/C13H17ClN5O11P3/c1-2-13(5-28-32(24,25)30-33(26,27)29-31(21,22)23)4-7(3-8(13)20)19-6-16-9-10(14)17-12(15)18-11(9)19/h1,6-8,20H,3-5H2,(H,24,25)(H,26,27)(H2,15,17,18)(H2,21,22,23)/t7-,8-,13+/m1/s1. The van der Waals surface area contributed by atoms with Gasteiger partial charge >= 0.3 is 23.5 Å². The smallest absolute Gasteiger partial charge is 0.391 e. The Morgan fingerprint density at radius 1 is 1.24 bits per heavy atom. The molecule has 2 heterocycles. The first-order valence-corrected chi connectivity index (χ1v) is 13.6. The molecule has 0 spiro atoms. The molecule has 1 aliphatic carbocycles. The second-order valence-corrected chi connectivity index (χ2v) is 11.7. The second-order valence-electron chi connectivity index (χ2n) is 6.97. The fraction of sp³-hybridized carbons (Fsp3) is 0.462. The van der Waals surface area contributed by atoms with E-state index in [2.05, 4.69) is 34.0 Å². The number of phosphoric acid groups is 3. The maximum absolute atomic E-state index is 12.0. The molecule has 0 aromatic carbocycles. The molecule has 1 saturated carbocycles. The average Bonchev–Trinajstić information content (AvgIpc) is 3.18. The fourth-order valence-electron chi connectivity index (χ4n) is 3.35. The maximum atomic E-state index is 12.0. The van der Waals surface area contributed by atoms with Gasteiger partial charge in [0, 0.05) is 6.04 Å². The average molecular weight is 548 g/mol. The summed E-state index contributed by atoms with van der Waals surface area (Å²) in [6, 6.07) is -0.545. The van der Waals surface area contributed by atoms with Crippen molar-refractivity contribution in [3.63, 3.8) is 0 Å². The lowest BCUT2D eigenvalue weighted by Gasteiger charge is -2.27. The van der Waals surface area contributed by atoms with Crippen LogP contribution in [-0.4, -0.2) is 56.9 Å². The van der Waals surface area contributed by atoms with Crippen LogP contribution in [0, 0.1) is 17.8 Å². The van der Waals surface area contributed by atoms with Crippen molar-refractivity contribution in [2.45, 2.75) is 25.0 Å². The maximum Gasteiger partial charge on any atom is 0.490 e. The van der Waals surface area contributed by atoms with Gasteiger partial charge in [0.05, 0.1) is 24.5 Å². The third kappa shape index (κ3) is 5.98. The quantitative estimate of drug-likeness (QED) is 0.151. The van der Waals surface area contributed by atoms with Crippen molar-refractivity contribution in [2.24, 2.45) is 5.41 Å². The number of rotatable bonds is 8. The van der Waals surface area contributed by atoms with E-state index >= 15 is 0 Å². The SMILES string of the molecule is C#C[C@@]1(COP(=O)(O)OP(=O)(O)OP(=O)(O)O)C[C@H](n2cnc3c(Cl)nc(N)nc32)C[C@H]1O. The summed E-state index contributed by atoms with van der Waals surface area (Å²) < 4.78 is 47.7. The first kappa shape index (κ1) is 26.2. The summed E-state index contributed by atoms with van der Waals surface area (Å²) >= 11 is 6.00. The van der Waals surface area contributed by atoms with E-state index in [-0.39, 0.29) is 35.1 Å². The molecule has 182 valence electrons. The van der Waals surface area contributed by atoms with Crippen molar-refractivity contribution in [1.29, 1.82) is 0 Å². The van der Waals surface area contributed by atoms with Crippen molar-refractivity contribution in [3.8, 4) is 12.3 Å². The van der Waals surface area contributed by atoms with Crippen molar-refractivity contribution < 1.29 is 51.5 Å². The van der Waals surface area contributed by atoms with E-state index in [1.165, 1.54) is 10.9 Å². The number of nitrogens with two attached hydrogens (primary N) is 1. The Morgan fingerprint density at radius 2 is 1.91 bits per heavy atom. The van der Waals surface area contributed by atoms with E-state index in [1.807, 2.05) is 0 Å². The topological polar surface area (TPSA) is 250 Å². The second kappa shape index (κ2) is 8.98. The Morgan fingerprint density at radius 3 is 2.52 bits per heavy atom. The van der Waals surface area contributed by atoms with E-state index in [0.29, 0.717) is 0 Å². The highest BCUT2D eigenvalue weighted by Crippen LogP contribution is 2.66. The van der Waals surface area contributed by atoms with Crippen molar-refractivity contribution >= 4 is 52.2 Å². The highest BCUT2D eigenvalue weighted by molar-refractivity contribution is 7.66. The van der Waals surface area contributed by atoms with Crippen molar-refractivity contribution in [1.82, 2.24) is 19.5 Å². The number of halogens is 1. The van der Waals surface area contributed by atoms with Crippen molar-refractivity contribution in [3.05, 3.63) is 11.5 Å². The van der Waals surface area contributed by atoms with Gasteiger partial charge in [-0.15, -0.1) is 6.42 Å². The summed E-state index contributed by atoms with van der Waals surface area (Å²) in [5.74, 6) is 2.17. The van der Waals surface area contributed by atoms with Crippen LogP contribution >= 0.6 is 35.1 Å². The molecule has 0 amide bonds. The number of phosphoric ester groups is 1. The predicted molar refractivity (Wildman–Crippen MR) is 110 cm³/mol. The van der Waals surface area contributed by atoms with E-state index in [9.17, 15) is 28.6 Å². The molecule has 0 radical (unpaired) electrons. The number of imidazole rings is 1. The lowest BCUT2D eigenvalue weighted by molar-refractivity contribution is 0.0443. The largest absolute Gasteiger partial charge is 0.490 e. The Kier molecular flexibility index (Phi) is 7.12. The van der Waals surface area contributed by atoms with Crippen LogP contribution in [0.15, 0.2) is 6.33 Å². The van der Waals surface area contributed by atoms with Crippen LogP contribution in [0.1, 0.15) is 18.9 Å². The summed E-state index contributed by atoms with van der Waals surface area (Å²) in [6.07, 6.45) is 5.63. The number of aliphatic hydroxyl groups is 1. The molecule has 0 bridgehead atoms. The zero-order valence-electron chi connectivity index (χ0n) is 16.2. The van der Waals surface area contributed by atoms with Gasteiger partial charge in [-0.2, -0.15) is 18.6 Å². The molecule has 20 heteroatoms. The first-order valence-electron chi connectivity index (χ1n) is 8.66. The molecule has 2 unspecified atom stereocenters. The Hall–Kier alpha value is -1.43. The van der Waals surface area contributed by atoms with Crippen LogP contribution in [0.3, 0.4) is 0 Å². The van der Waals surface area contributed by atoms with Gasteiger partial charge in [-0.05, 0) is 12.8 Å². The summed E-state index contributed by atoms with van der Waals surface area (Å²) in [5.41, 5.74) is 4.54. The van der Waals surface area contributed by atoms with Crippen LogP contribution < -0.4 is 5.73 Å². The number of terminal acetylenes is 1. The Bertz CT molecular complexity index is 1260. The molecule has 2 aromatic heterocycles. The molecule has 33 heavy (non-hydrogen) atoms. The van der Waals surface area contributed by atoms with Crippen LogP contribution in [-0.2, 0) is 26.8 Å². The van der Waals surface area contributed by atoms with E-state index < -0.39 is 47.6 Å². The van der Waals surface area contributed by atoms with Gasteiger partial charge in [-0.1, -0.05) is 17.5 Å². The lowest BCUT2D eigenvalue weighted by Crippen LogP contribution is -2.33. The van der Waals surface area contributed by atoms with E-state index in [0.717, 1.165) is 0 Å². The number of nitrogen functional groups attached to an aromatic ring is 1. The van der Waals surface area contributed by atoms with Gasteiger partial charge in [0.25, 0.3) is 0 Å². The highest BCUT2D eigenvalue weighted by Gasteiger charge is 2.49. The third-order valence-corrected chi connectivity index (χ3v) is 8.76. The first-order chi connectivity index (χ1) is 15.1. The van der Waals surface area contributed by atoms with Crippen LogP contribution in [0.4, 0.5) is 5.95 Å². The summed E-state index contributed by atoms with van der Waals surface area (Å²) in [6.45, 7) is -0.838. The molecule has 1 aliphatic rings. The zero-order chi connectivity index (χ0) is 24.8. The molecule has 7 N–H and O–H groups in total. The van der Waals surface area contributed by atoms with Gasteiger partial charge in [0.2, 0.25) is 5.95 Å². The van der Waals surface area contributed by atoms with Gasteiger partial charge in [0.1, 0.15) is 5.52 Å². The molecule has 2 aromatic rings. The molecular formula is C13H17ClN5O11P3. The third-order valence-electron chi connectivity index (χ3n) is 4.71. The van der Waals surface area contributed by atoms with E-state index in [1.54, 1.807) is 0 Å². The molecule has 16 nitrogen and oxygen atoms in total. The van der Waals surface area contributed by atoms with E-state index in [4.69, 9.17) is 33.5 Å². The zero-order valence-corrected chi connectivity index (χ0v) is 19.6. The Labute approximate surface area is 190 Å². The number of fused-ring (bicyclic) bond motifs is 1. The lowest BCUT2D eigenvalue weighted by atomic mass is 9.86. The summed E-state index contributed by atoms with van der Waals surface area (Å²) in [7, 11) is -16.7. The number of hydrogen-bond acceptors (Lipinski definition) is 11. The number of nitrogens with zero attached hydrogens (tertiary/aromatic N) is 4. The van der Waals surface area contributed by atoms with Gasteiger partial charge in [0.15, 0.2) is 10.8 Å². The minimum atomic E-state index is -5.70. The minimum Gasteiger partial charge on any atom is -0.391 e. The molecular weight excluding hydrogens is 531 g/mol. The fourth-order valence-corrected chi connectivity index (χ4v) is 6.66. The Balaban J connectivity index is 1.78. The molecule has 5 atom stereocenters.